The maximum Gasteiger partial charge on any atom is 0.256 e. The van der Waals surface area contributed by atoms with Gasteiger partial charge in [-0.2, -0.15) is 0 Å². The van der Waals surface area contributed by atoms with Gasteiger partial charge < -0.3 is 20.3 Å². The van der Waals surface area contributed by atoms with Crippen molar-refractivity contribution in [3.63, 3.8) is 0 Å². The number of ether oxygens (including phenoxy) is 1. The first-order valence-electron chi connectivity index (χ1n) is 8.79. The second kappa shape index (κ2) is 9.01. The van der Waals surface area contributed by atoms with Crippen LogP contribution in [0.1, 0.15) is 23.5 Å². The lowest BCUT2D eigenvalue weighted by molar-refractivity contribution is -0.00948. The number of amides is 1. The highest BCUT2D eigenvalue weighted by Crippen LogP contribution is 2.25. The van der Waals surface area contributed by atoms with E-state index < -0.39 is 18.9 Å². The fourth-order valence-corrected chi connectivity index (χ4v) is 2.71. The molecule has 29 heavy (non-hydrogen) atoms. The monoisotopic (exact) mass is 392 g/mol. The van der Waals surface area contributed by atoms with Crippen molar-refractivity contribution in [2.75, 3.05) is 11.9 Å². The van der Waals surface area contributed by atoms with Crippen LogP contribution in [0.5, 0.6) is 0 Å². The lowest BCUT2D eigenvalue weighted by atomic mass is 10.2. The molecule has 8 nitrogen and oxygen atoms in total. The summed E-state index contributed by atoms with van der Waals surface area (Å²) in [5.41, 5.74) is 0.934. The molecule has 2 heterocycles. The van der Waals surface area contributed by atoms with Crippen LogP contribution >= 0.6 is 0 Å². The van der Waals surface area contributed by atoms with Crippen molar-refractivity contribution in [3.05, 3.63) is 66.8 Å². The minimum Gasteiger partial charge on any atom is -0.469 e. The van der Waals surface area contributed by atoms with Crippen LogP contribution < -0.4 is 5.32 Å². The maximum atomic E-state index is 12.4. The number of anilines is 1. The second-order valence-electron chi connectivity index (χ2n) is 6.02. The molecule has 0 aliphatic rings. The molecule has 2 aromatic heterocycles. The first kappa shape index (κ1) is 20.1. The lowest BCUT2D eigenvalue weighted by Gasteiger charge is -2.21. The molecule has 1 amide bonds. The standard InChI is InChI=1S/C21H20N4O4/c1-3-7-17(27)14(2)29-18(12-26)25-11-10-16-19(22-13-23-20(16)25)24-21(28)15-8-5-4-6-9-15/h4-6,8-11,13,17-18,26-27H,2,12H2,1H3,(H,22,23,24,28)/t17-,18+/m0/s1. The Hall–Kier alpha value is -3.67. The Kier molecular flexibility index (Phi) is 6.24. The maximum absolute atomic E-state index is 12.4. The van der Waals surface area contributed by atoms with E-state index in [4.69, 9.17) is 4.74 Å². The van der Waals surface area contributed by atoms with E-state index in [1.165, 1.54) is 6.33 Å². The lowest BCUT2D eigenvalue weighted by Crippen LogP contribution is -2.20. The first-order chi connectivity index (χ1) is 14.0. The average molecular weight is 392 g/mol. The number of carbonyl (C=O) groups is 1. The Labute approximate surface area is 167 Å². The zero-order chi connectivity index (χ0) is 20.8. The number of nitrogens with zero attached hydrogens (tertiary/aromatic N) is 3. The number of nitrogens with one attached hydrogen (secondary N) is 1. The number of benzene rings is 1. The highest BCUT2D eigenvalue weighted by Gasteiger charge is 2.20. The number of fused-ring (bicyclic) bond motifs is 1. The Morgan fingerprint density at radius 1 is 1.31 bits per heavy atom. The van der Waals surface area contributed by atoms with Crippen LogP contribution in [0.3, 0.4) is 0 Å². The Bertz CT molecular complexity index is 1080. The van der Waals surface area contributed by atoms with Crippen LogP contribution in [-0.4, -0.2) is 43.4 Å². The molecule has 0 unspecified atom stereocenters. The quantitative estimate of drug-likeness (QED) is 0.420. The number of hydrogen-bond donors (Lipinski definition) is 3. The molecule has 0 bridgehead atoms. The largest absolute Gasteiger partial charge is 0.469 e. The van der Waals surface area contributed by atoms with Gasteiger partial charge in [0.25, 0.3) is 5.91 Å². The number of aliphatic hydroxyl groups is 2. The third kappa shape index (κ3) is 4.43. The second-order valence-corrected chi connectivity index (χ2v) is 6.02. The normalized spacial score (nSPS) is 12.5. The number of hydrogen-bond acceptors (Lipinski definition) is 6. The number of rotatable bonds is 7. The summed E-state index contributed by atoms with van der Waals surface area (Å²) in [6, 6.07) is 10.5. The molecule has 0 aliphatic heterocycles. The van der Waals surface area contributed by atoms with Gasteiger partial charge in [0.15, 0.2) is 12.3 Å². The van der Waals surface area contributed by atoms with Crippen LogP contribution in [0.2, 0.25) is 0 Å². The Morgan fingerprint density at radius 2 is 2.07 bits per heavy atom. The smallest absolute Gasteiger partial charge is 0.256 e. The van der Waals surface area contributed by atoms with Crippen molar-refractivity contribution in [1.82, 2.24) is 14.5 Å². The average Bonchev–Trinajstić information content (AvgIpc) is 3.17. The van der Waals surface area contributed by atoms with Crippen molar-refractivity contribution in [2.45, 2.75) is 19.3 Å². The van der Waals surface area contributed by atoms with Crippen molar-refractivity contribution in [3.8, 4) is 11.8 Å². The topological polar surface area (TPSA) is 110 Å². The highest BCUT2D eigenvalue weighted by atomic mass is 16.5. The summed E-state index contributed by atoms with van der Waals surface area (Å²) in [5, 5.41) is 23.0. The van der Waals surface area contributed by atoms with Crippen LogP contribution in [0.15, 0.2) is 61.3 Å². The molecular formula is C21H20N4O4. The van der Waals surface area contributed by atoms with Crippen LogP contribution in [0, 0.1) is 11.8 Å². The van der Waals surface area contributed by atoms with Crippen molar-refractivity contribution in [2.24, 2.45) is 0 Å². The van der Waals surface area contributed by atoms with Gasteiger partial charge in [-0.05, 0) is 25.1 Å². The molecule has 0 spiro atoms. The third-order valence-electron chi connectivity index (χ3n) is 4.12. The summed E-state index contributed by atoms with van der Waals surface area (Å²) >= 11 is 0. The predicted octanol–water partition coefficient (Wildman–Crippen LogP) is 2.09. The summed E-state index contributed by atoms with van der Waals surface area (Å²) in [7, 11) is 0. The molecule has 8 heteroatoms. The van der Waals surface area contributed by atoms with Crippen molar-refractivity contribution >= 4 is 22.8 Å². The van der Waals surface area contributed by atoms with E-state index >= 15 is 0 Å². The molecule has 0 radical (unpaired) electrons. The first-order valence-corrected chi connectivity index (χ1v) is 8.79. The molecule has 0 fully saturated rings. The molecule has 0 saturated heterocycles. The SMILES string of the molecule is C=C(O[C@H](CO)n1ccc2c(NC(=O)c3ccccc3)ncnc21)[C@@H](O)C#CC. The van der Waals surface area contributed by atoms with Crippen LogP contribution in [0.25, 0.3) is 11.0 Å². The highest BCUT2D eigenvalue weighted by molar-refractivity contribution is 6.07. The molecular weight excluding hydrogens is 372 g/mol. The number of carbonyl (C=O) groups excluding carboxylic acids is 1. The minimum absolute atomic E-state index is 0.00640. The fourth-order valence-electron chi connectivity index (χ4n) is 2.71. The van der Waals surface area contributed by atoms with Gasteiger partial charge >= 0.3 is 0 Å². The summed E-state index contributed by atoms with van der Waals surface area (Å²) in [4.78, 5) is 20.8. The van der Waals surface area contributed by atoms with E-state index in [9.17, 15) is 15.0 Å². The van der Waals surface area contributed by atoms with Crippen LogP contribution in [-0.2, 0) is 4.74 Å². The van der Waals surface area contributed by atoms with Gasteiger partial charge in [-0.1, -0.05) is 30.7 Å². The molecule has 1 aromatic carbocycles. The molecule has 3 rings (SSSR count). The molecule has 2 atom stereocenters. The molecule has 3 aromatic rings. The Balaban J connectivity index is 1.87. The number of aromatic nitrogens is 3. The summed E-state index contributed by atoms with van der Waals surface area (Å²) in [5.74, 6) is 5.12. The van der Waals surface area contributed by atoms with E-state index in [-0.39, 0.29) is 11.7 Å². The molecule has 0 saturated carbocycles. The van der Waals surface area contributed by atoms with Gasteiger partial charge in [0.1, 0.15) is 23.6 Å². The van der Waals surface area contributed by atoms with Gasteiger partial charge in [-0.3, -0.25) is 9.36 Å². The Morgan fingerprint density at radius 3 is 2.76 bits per heavy atom. The van der Waals surface area contributed by atoms with Crippen molar-refractivity contribution in [1.29, 1.82) is 0 Å². The summed E-state index contributed by atoms with van der Waals surface area (Å²) < 4.78 is 7.14. The predicted molar refractivity (Wildman–Crippen MR) is 108 cm³/mol. The summed E-state index contributed by atoms with van der Waals surface area (Å²) in [6.45, 7) is 4.84. The van der Waals surface area contributed by atoms with Gasteiger partial charge in [-0.15, -0.1) is 5.92 Å². The molecule has 0 aliphatic carbocycles. The fraction of sp³-hybridized carbons (Fsp3) is 0.190. The van der Waals surface area contributed by atoms with Gasteiger partial charge in [0, 0.05) is 11.8 Å². The van der Waals surface area contributed by atoms with Gasteiger partial charge in [0.05, 0.1) is 12.0 Å². The molecule has 148 valence electrons. The van der Waals surface area contributed by atoms with Crippen LogP contribution in [0.4, 0.5) is 5.82 Å². The van der Waals surface area contributed by atoms with E-state index in [1.54, 1.807) is 48.0 Å². The van der Waals surface area contributed by atoms with Gasteiger partial charge in [0.2, 0.25) is 0 Å². The summed E-state index contributed by atoms with van der Waals surface area (Å²) in [6.07, 6.45) is 0.885. The number of aliphatic hydroxyl groups excluding tert-OH is 2. The van der Waals surface area contributed by atoms with E-state index in [1.807, 2.05) is 6.07 Å². The van der Waals surface area contributed by atoms with Crippen molar-refractivity contribution < 1.29 is 19.7 Å². The zero-order valence-electron chi connectivity index (χ0n) is 15.7. The van der Waals surface area contributed by atoms with E-state index in [2.05, 4.69) is 33.7 Å². The molecule has 3 N–H and O–H groups in total. The third-order valence-corrected chi connectivity index (χ3v) is 4.12. The van der Waals surface area contributed by atoms with E-state index in [0.717, 1.165) is 0 Å². The minimum atomic E-state index is -1.17. The van der Waals surface area contributed by atoms with Gasteiger partial charge in [-0.25, -0.2) is 9.97 Å². The van der Waals surface area contributed by atoms with E-state index in [0.29, 0.717) is 22.4 Å². The zero-order valence-corrected chi connectivity index (χ0v) is 15.7.